The Morgan fingerprint density at radius 2 is 2.20 bits per heavy atom. The highest BCUT2D eigenvalue weighted by Crippen LogP contribution is 2.40. The summed E-state index contributed by atoms with van der Waals surface area (Å²) in [4.78, 5) is 21.9. The molecule has 0 radical (unpaired) electrons. The molecule has 20 heavy (non-hydrogen) atoms. The molecule has 1 aliphatic carbocycles. The number of nitro groups is 1. The molecule has 0 bridgehead atoms. The third-order valence-corrected chi connectivity index (χ3v) is 4.06. The van der Waals surface area contributed by atoms with E-state index < -0.39 is 10.8 Å². The molecule has 0 heterocycles. The molecule has 108 valence electrons. The van der Waals surface area contributed by atoms with E-state index in [9.17, 15) is 14.9 Å². The third kappa shape index (κ3) is 2.74. The molecule has 2 rings (SSSR count). The summed E-state index contributed by atoms with van der Waals surface area (Å²) >= 11 is 0. The Hall–Kier alpha value is -2.11. The van der Waals surface area contributed by atoms with Crippen LogP contribution in [0.3, 0.4) is 0 Å². The second-order valence-electron chi connectivity index (χ2n) is 5.93. The van der Waals surface area contributed by atoms with Gasteiger partial charge in [-0.1, -0.05) is 20.3 Å². The fraction of sp³-hybridized carbons (Fsp3) is 0.500. The molecule has 0 saturated heterocycles. The summed E-state index contributed by atoms with van der Waals surface area (Å²) in [6.07, 6.45) is 3.13. The van der Waals surface area contributed by atoms with Crippen LogP contribution in [0.15, 0.2) is 18.2 Å². The zero-order chi connectivity index (χ0) is 14.9. The highest BCUT2D eigenvalue weighted by Gasteiger charge is 2.35. The predicted octanol–water partition coefficient (Wildman–Crippen LogP) is 2.68. The molecule has 6 nitrogen and oxygen atoms in total. The first-order valence-corrected chi connectivity index (χ1v) is 6.66. The highest BCUT2D eigenvalue weighted by atomic mass is 16.6. The summed E-state index contributed by atoms with van der Waals surface area (Å²) in [5.74, 6) is -0.589. The Morgan fingerprint density at radius 3 is 2.70 bits per heavy atom. The smallest absolute Gasteiger partial charge is 0.292 e. The molecule has 1 unspecified atom stereocenters. The van der Waals surface area contributed by atoms with Crippen molar-refractivity contribution < 1.29 is 9.72 Å². The summed E-state index contributed by atoms with van der Waals surface area (Å²) in [6, 6.07) is 4.33. The summed E-state index contributed by atoms with van der Waals surface area (Å²) in [6.45, 7) is 4.28. The summed E-state index contributed by atoms with van der Waals surface area (Å²) in [5, 5.41) is 14.3. The number of nitrogens with zero attached hydrogens (tertiary/aromatic N) is 1. The molecule has 1 amide bonds. The Morgan fingerprint density at radius 1 is 1.50 bits per heavy atom. The fourth-order valence-electron chi connectivity index (χ4n) is 2.75. The molecule has 3 N–H and O–H groups in total. The number of benzene rings is 1. The number of anilines is 1. The van der Waals surface area contributed by atoms with Gasteiger partial charge >= 0.3 is 0 Å². The van der Waals surface area contributed by atoms with Gasteiger partial charge in [-0.3, -0.25) is 14.9 Å². The summed E-state index contributed by atoms with van der Waals surface area (Å²) in [7, 11) is 0. The minimum absolute atomic E-state index is 0.0299. The first-order valence-electron chi connectivity index (χ1n) is 6.66. The second-order valence-corrected chi connectivity index (χ2v) is 5.93. The Balaban J connectivity index is 2.35. The fourth-order valence-corrected chi connectivity index (χ4v) is 2.75. The van der Waals surface area contributed by atoms with Crippen LogP contribution in [0.5, 0.6) is 0 Å². The molecule has 1 saturated carbocycles. The van der Waals surface area contributed by atoms with E-state index in [4.69, 9.17) is 5.73 Å². The van der Waals surface area contributed by atoms with Crippen molar-refractivity contribution in [2.24, 2.45) is 11.1 Å². The van der Waals surface area contributed by atoms with Crippen molar-refractivity contribution in [3.8, 4) is 0 Å². The molecule has 1 atom stereocenters. The number of hydrogen-bond acceptors (Lipinski definition) is 4. The van der Waals surface area contributed by atoms with E-state index in [1.807, 2.05) is 0 Å². The zero-order valence-corrected chi connectivity index (χ0v) is 11.7. The number of hydrogen-bond donors (Lipinski definition) is 2. The number of rotatable bonds is 4. The van der Waals surface area contributed by atoms with E-state index >= 15 is 0 Å². The Kier molecular flexibility index (Phi) is 3.65. The van der Waals surface area contributed by atoms with Crippen molar-refractivity contribution in [1.29, 1.82) is 0 Å². The minimum atomic E-state index is -0.589. The van der Waals surface area contributed by atoms with Crippen LogP contribution in [0.1, 0.15) is 43.5 Å². The van der Waals surface area contributed by atoms with Gasteiger partial charge in [0, 0.05) is 17.7 Å². The summed E-state index contributed by atoms with van der Waals surface area (Å²) in [5.41, 5.74) is 5.92. The van der Waals surface area contributed by atoms with Gasteiger partial charge < -0.3 is 11.1 Å². The number of primary amides is 1. The first kappa shape index (κ1) is 14.3. The van der Waals surface area contributed by atoms with Gasteiger partial charge in [0.25, 0.3) is 5.69 Å². The molecule has 1 aliphatic rings. The maximum absolute atomic E-state index is 11.2. The van der Waals surface area contributed by atoms with Crippen LogP contribution < -0.4 is 11.1 Å². The zero-order valence-electron chi connectivity index (χ0n) is 11.7. The van der Waals surface area contributed by atoms with Crippen LogP contribution in [-0.4, -0.2) is 16.9 Å². The first-order chi connectivity index (χ1) is 9.31. The molecule has 6 heteroatoms. The van der Waals surface area contributed by atoms with Gasteiger partial charge in [-0.05, 0) is 30.4 Å². The predicted molar refractivity (Wildman–Crippen MR) is 76.7 cm³/mol. The van der Waals surface area contributed by atoms with E-state index in [2.05, 4.69) is 19.2 Å². The molecule has 0 aliphatic heterocycles. The van der Waals surface area contributed by atoms with Crippen molar-refractivity contribution in [3.05, 3.63) is 33.9 Å². The van der Waals surface area contributed by atoms with Crippen LogP contribution in [0, 0.1) is 15.5 Å². The Labute approximate surface area is 117 Å². The number of carbonyl (C=O) groups excluding carboxylic acids is 1. The van der Waals surface area contributed by atoms with Gasteiger partial charge in [0.15, 0.2) is 0 Å². The lowest BCUT2D eigenvalue weighted by molar-refractivity contribution is -0.384. The average molecular weight is 277 g/mol. The van der Waals surface area contributed by atoms with Gasteiger partial charge in [0.2, 0.25) is 5.91 Å². The normalized spacial score (nSPS) is 20.6. The van der Waals surface area contributed by atoms with Gasteiger partial charge in [-0.25, -0.2) is 0 Å². The van der Waals surface area contributed by atoms with Crippen molar-refractivity contribution >= 4 is 17.3 Å². The minimum Gasteiger partial charge on any atom is -0.376 e. The van der Waals surface area contributed by atoms with Crippen LogP contribution in [-0.2, 0) is 0 Å². The molecule has 0 aromatic heterocycles. The number of carbonyl (C=O) groups is 1. The van der Waals surface area contributed by atoms with E-state index in [0.717, 1.165) is 19.3 Å². The van der Waals surface area contributed by atoms with Crippen LogP contribution in [0.2, 0.25) is 0 Å². The standard InChI is InChI=1S/C14H19N3O3/c1-14(2)7-3-4-12(14)16-10-8-9(13(15)18)5-6-11(10)17(19)20/h5-6,8,12,16H,3-4,7H2,1-2H3,(H2,15,18). The van der Waals surface area contributed by atoms with Crippen LogP contribution in [0.25, 0.3) is 0 Å². The van der Waals surface area contributed by atoms with Crippen molar-refractivity contribution in [3.63, 3.8) is 0 Å². The van der Waals surface area contributed by atoms with E-state index in [0.29, 0.717) is 5.69 Å². The largest absolute Gasteiger partial charge is 0.376 e. The maximum Gasteiger partial charge on any atom is 0.292 e. The maximum atomic E-state index is 11.2. The SMILES string of the molecule is CC1(C)CCCC1Nc1cc(C(N)=O)ccc1[N+](=O)[O-]. The van der Waals surface area contributed by atoms with Crippen LogP contribution >= 0.6 is 0 Å². The monoisotopic (exact) mass is 277 g/mol. The molecular formula is C14H19N3O3. The van der Waals surface area contributed by atoms with Crippen molar-refractivity contribution in [2.75, 3.05) is 5.32 Å². The van der Waals surface area contributed by atoms with Crippen LogP contribution in [0.4, 0.5) is 11.4 Å². The molecule has 1 aromatic carbocycles. The third-order valence-electron chi connectivity index (χ3n) is 4.06. The molecule has 1 fully saturated rings. The number of amides is 1. The average Bonchev–Trinajstić information content (AvgIpc) is 2.68. The van der Waals surface area contributed by atoms with Gasteiger partial charge in [0.1, 0.15) is 5.69 Å². The van der Waals surface area contributed by atoms with Gasteiger partial charge in [-0.15, -0.1) is 0 Å². The van der Waals surface area contributed by atoms with Gasteiger partial charge in [0.05, 0.1) is 4.92 Å². The van der Waals surface area contributed by atoms with E-state index in [1.54, 1.807) is 0 Å². The lowest BCUT2D eigenvalue weighted by atomic mass is 9.87. The molecular weight excluding hydrogens is 258 g/mol. The lowest BCUT2D eigenvalue weighted by Gasteiger charge is -2.28. The molecule has 0 spiro atoms. The number of nitro benzene ring substituents is 1. The second kappa shape index (κ2) is 5.11. The van der Waals surface area contributed by atoms with Gasteiger partial charge in [-0.2, -0.15) is 0 Å². The Bertz CT molecular complexity index is 555. The lowest BCUT2D eigenvalue weighted by Crippen LogP contribution is -2.31. The highest BCUT2D eigenvalue weighted by molar-refractivity contribution is 5.94. The topological polar surface area (TPSA) is 98.3 Å². The number of nitrogens with two attached hydrogens (primary N) is 1. The molecule has 1 aromatic rings. The quantitative estimate of drug-likeness (QED) is 0.653. The van der Waals surface area contributed by atoms with Crippen molar-refractivity contribution in [1.82, 2.24) is 0 Å². The van der Waals surface area contributed by atoms with E-state index in [1.165, 1.54) is 18.2 Å². The van der Waals surface area contributed by atoms with E-state index in [-0.39, 0.29) is 22.7 Å². The summed E-state index contributed by atoms with van der Waals surface area (Å²) < 4.78 is 0. The number of nitrogens with one attached hydrogen (secondary N) is 1. The van der Waals surface area contributed by atoms with Crippen molar-refractivity contribution in [2.45, 2.75) is 39.2 Å².